The molecule has 4 aromatic rings. The molecule has 2 aromatic heterocycles. The van der Waals surface area contributed by atoms with Gasteiger partial charge in [-0.25, -0.2) is 9.97 Å². The molecule has 4 fully saturated rings. The summed E-state index contributed by atoms with van der Waals surface area (Å²) < 4.78 is 0. The molecular formula is C31H28N6. The molecule has 0 radical (unpaired) electrons. The van der Waals surface area contributed by atoms with Crippen LogP contribution in [0.5, 0.6) is 0 Å². The number of benzene rings is 2. The van der Waals surface area contributed by atoms with E-state index in [1.165, 1.54) is 47.4 Å². The first kappa shape index (κ1) is 20.4. The molecule has 0 bridgehead atoms. The van der Waals surface area contributed by atoms with Gasteiger partial charge in [0.1, 0.15) is 11.6 Å². The fourth-order valence-corrected chi connectivity index (χ4v) is 6.87. The fourth-order valence-electron chi connectivity index (χ4n) is 6.87. The average Bonchev–Trinajstić information content (AvgIpc) is 3.57. The van der Waals surface area contributed by atoms with Crippen LogP contribution in [0.3, 0.4) is 0 Å². The molecule has 6 heteroatoms. The Balaban J connectivity index is 0.975. The molecule has 3 aliphatic carbocycles. The van der Waals surface area contributed by atoms with E-state index < -0.39 is 0 Å². The lowest BCUT2D eigenvalue weighted by Crippen LogP contribution is -2.19. The summed E-state index contributed by atoms with van der Waals surface area (Å²) in [6, 6.07) is 14.7. The summed E-state index contributed by atoms with van der Waals surface area (Å²) in [6.07, 6.45) is 5.78. The number of aromatic nitrogens is 4. The van der Waals surface area contributed by atoms with Crippen LogP contribution in [0.2, 0.25) is 0 Å². The summed E-state index contributed by atoms with van der Waals surface area (Å²) in [5.74, 6) is 10.4. The van der Waals surface area contributed by atoms with Crippen molar-refractivity contribution in [3.8, 4) is 23.1 Å². The van der Waals surface area contributed by atoms with Gasteiger partial charge in [-0.05, 0) is 85.4 Å². The molecule has 182 valence electrons. The molecule has 0 amide bonds. The Bertz CT molecular complexity index is 1690. The SMILES string of the molecule is C=C1C2CC2N[C@@H]1c1nc2ccc(C#Cc3ccc4c(c3)CCc3nc([C@@H]5C[C@H]6C[C@H]6N5)[nH]c3-4)cc2[nH]1. The van der Waals surface area contributed by atoms with Crippen molar-refractivity contribution in [1.29, 1.82) is 0 Å². The summed E-state index contributed by atoms with van der Waals surface area (Å²) in [4.78, 5) is 17.0. The van der Waals surface area contributed by atoms with Crippen molar-refractivity contribution in [2.75, 3.05) is 0 Å². The minimum atomic E-state index is 0.146. The van der Waals surface area contributed by atoms with Gasteiger partial charge in [-0.3, -0.25) is 0 Å². The van der Waals surface area contributed by atoms with Gasteiger partial charge < -0.3 is 20.6 Å². The second-order valence-electron chi connectivity index (χ2n) is 11.6. The second kappa shape index (κ2) is 7.22. The Morgan fingerprint density at radius 2 is 1.73 bits per heavy atom. The highest BCUT2D eigenvalue weighted by Crippen LogP contribution is 2.49. The van der Waals surface area contributed by atoms with Crippen LogP contribution < -0.4 is 10.6 Å². The largest absolute Gasteiger partial charge is 0.340 e. The van der Waals surface area contributed by atoms with Crippen LogP contribution in [0.1, 0.15) is 65.4 Å². The Morgan fingerprint density at radius 1 is 0.838 bits per heavy atom. The predicted octanol–water partition coefficient (Wildman–Crippen LogP) is 4.46. The van der Waals surface area contributed by atoms with Gasteiger partial charge in [0.05, 0.1) is 34.5 Å². The summed E-state index contributed by atoms with van der Waals surface area (Å²) >= 11 is 0. The van der Waals surface area contributed by atoms with Gasteiger partial charge in [0.15, 0.2) is 0 Å². The molecule has 2 aromatic carbocycles. The smallest absolute Gasteiger partial charge is 0.128 e. The maximum Gasteiger partial charge on any atom is 0.128 e. The number of fused-ring (bicyclic) bond motifs is 6. The van der Waals surface area contributed by atoms with Crippen LogP contribution in [0.4, 0.5) is 0 Å². The number of H-pyrrole nitrogens is 2. The Labute approximate surface area is 215 Å². The van der Waals surface area contributed by atoms with Gasteiger partial charge in [0.2, 0.25) is 0 Å². The molecule has 5 aliphatic rings. The van der Waals surface area contributed by atoms with Crippen LogP contribution in [-0.4, -0.2) is 32.0 Å². The number of imidazole rings is 2. The van der Waals surface area contributed by atoms with E-state index in [1.54, 1.807) is 0 Å². The third-order valence-corrected chi connectivity index (χ3v) is 9.15. The first-order valence-corrected chi connectivity index (χ1v) is 13.6. The van der Waals surface area contributed by atoms with Crippen LogP contribution in [0.15, 0.2) is 48.6 Å². The van der Waals surface area contributed by atoms with E-state index in [9.17, 15) is 0 Å². The third kappa shape index (κ3) is 3.21. The van der Waals surface area contributed by atoms with Crippen molar-refractivity contribution in [2.24, 2.45) is 11.8 Å². The zero-order valence-corrected chi connectivity index (χ0v) is 20.6. The van der Waals surface area contributed by atoms with Crippen LogP contribution in [-0.2, 0) is 12.8 Å². The molecular weight excluding hydrogens is 456 g/mol. The standard InChI is InChI=1S/C31H28N6/c1-15-21-14-25(21)33-28(15)31-34-22-8-5-17(11-26(22)36-31)3-2-16-4-7-20-18(10-16)6-9-23-29(20)37-30(35-23)27-13-19-12-24(19)32-27/h4-5,7-8,10-11,19,21,24-25,27-28,32-33H,1,6,9,12-14H2,(H,34,36)(H,35,37)/t19-,21?,24-,25?,27+,28+/m1/s1. The Hall–Kier alpha value is -3.66. The average molecular weight is 485 g/mol. The number of hydrogen-bond donors (Lipinski definition) is 4. The topological polar surface area (TPSA) is 81.4 Å². The van der Waals surface area contributed by atoms with Gasteiger partial charge in [-0.1, -0.05) is 24.5 Å². The van der Waals surface area contributed by atoms with E-state index in [1.807, 2.05) is 0 Å². The normalized spacial score (nSPS) is 30.3. The minimum absolute atomic E-state index is 0.146. The van der Waals surface area contributed by atoms with Gasteiger partial charge >= 0.3 is 0 Å². The van der Waals surface area contributed by atoms with Crippen molar-refractivity contribution in [1.82, 2.24) is 30.6 Å². The van der Waals surface area contributed by atoms with Crippen molar-refractivity contribution in [3.63, 3.8) is 0 Å². The summed E-state index contributed by atoms with van der Waals surface area (Å²) in [6.45, 7) is 4.30. The maximum absolute atomic E-state index is 4.98. The van der Waals surface area contributed by atoms with Crippen LogP contribution in [0, 0.1) is 23.7 Å². The van der Waals surface area contributed by atoms with E-state index in [0.717, 1.165) is 58.6 Å². The number of nitrogens with zero attached hydrogens (tertiary/aromatic N) is 2. The lowest BCUT2D eigenvalue weighted by atomic mass is 9.91. The third-order valence-electron chi connectivity index (χ3n) is 9.15. The van der Waals surface area contributed by atoms with E-state index in [2.05, 4.69) is 75.4 Å². The number of aryl methyl sites for hydroxylation is 2. The molecule has 6 atom stereocenters. The first-order valence-electron chi connectivity index (χ1n) is 13.6. The van der Waals surface area contributed by atoms with Crippen molar-refractivity contribution >= 4 is 11.0 Å². The van der Waals surface area contributed by atoms with Gasteiger partial charge in [0, 0.05) is 28.8 Å². The van der Waals surface area contributed by atoms with Crippen molar-refractivity contribution < 1.29 is 0 Å². The van der Waals surface area contributed by atoms with E-state index in [0.29, 0.717) is 18.0 Å². The predicted molar refractivity (Wildman–Crippen MR) is 143 cm³/mol. The highest BCUT2D eigenvalue weighted by atomic mass is 15.1. The maximum atomic E-state index is 4.98. The summed E-state index contributed by atoms with van der Waals surface area (Å²) in [7, 11) is 0. The molecule has 2 unspecified atom stereocenters. The second-order valence-corrected chi connectivity index (χ2v) is 11.6. The number of nitrogens with one attached hydrogen (secondary N) is 4. The zero-order chi connectivity index (χ0) is 24.2. The lowest BCUT2D eigenvalue weighted by molar-refractivity contribution is 0.542. The molecule has 4 N–H and O–H groups in total. The zero-order valence-electron chi connectivity index (χ0n) is 20.6. The van der Waals surface area contributed by atoms with Gasteiger partial charge in [-0.15, -0.1) is 0 Å². The highest BCUT2D eigenvalue weighted by Gasteiger charge is 2.50. The molecule has 6 nitrogen and oxygen atoms in total. The van der Waals surface area contributed by atoms with E-state index in [4.69, 9.17) is 9.97 Å². The number of rotatable bonds is 2. The molecule has 9 rings (SSSR count). The molecule has 4 heterocycles. The number of hydrogen-bond acceptors (Lipinski definition) is 4. The monoisotopic (exact) mass is 484 g/mol. The van der Waals surface area contributed by atoms with E-state index >= 15 is 0 Å². The minimum Gasteiger partial charge on any atom is -0.340 e. The lowest BCUT2D eigenvalue weighted by Gasteiger charge is -2.15. The van der Waals surface area contributed by atoms with Crippen molar-refractivity contribution in [2.45, 2.75) is 56.3 Å². The van der Waals surface area contributed by atoms with Gasteiger partial charge in [-0.2, -0.15) is 0 Å². The Kier molecular flexibility index (Phi) is 3.98. The van der Waals surface area contributed by atoms with Crippen LogP contribution >= 0.6 is 0 Å². The first-order chi connectivity index (χ1) is 18.2. The fraction of sp³-hybridized carbons (Fsp3) is 0.355. The number of piperidine rings is 2. The molecule has 37 heavy (non-hydrogen) atoms. The summed E-state index contributed by atoms with van der Waals surface area (Å²) in [5, 5.41) is 7.36. The molecule has 2 aliphatic heterocycles. The Morgan fingerprint density at radius 3 is 2.57 bits per heavy atom. The van der Waals surface area contributed by atoms with Crippen molar-refractivity contribution in [3.05, 3.63) is 82.6 Å². The number of aromatic amines is 2. The van der Waals surface area contributed by atoms with Crippen LogP contribution in [0.25, 0.3) is 22.3 Å². The molecule has 0 spiro atoms. The molecule has 2 saturated heterocycles. The quantitative estimate of drug-likeness (QED) is 0.250. The van der Waals surface area contributed by atoms with E-state index in [-0.39, 0.29) is 6.04 Å². The summed E-state index contributed by atoms with van der Waals surface area (Å²) in [5.41, 5.74) is 10.4. The molecule has 2 saturated carbocycles. The highest BCUT2D eigenvalue weighted by molar-refractivity contribution is 5.77. The van der Waals surface area contributed by atoms with Gasteiger partial charge in [0.25, 0.3) is 0 Å².